The fourth-order valence-corrected chi connectivity index (χ4v) is 1.99. The average molecular weight is 270 g/mol. The molecule has 0 fully saturated rings. The summed E-state index contributed by atoms with van der Waals surface area (Å²) in [5, 5.41) is 16.7. The van der Waals surface area contributed by atoms with Gasteiger partial charge in [-0.3, -0.25) is 5.41 Å². The SMILES string of the molecule is Cc1ccc(C(=N)N)c(Oc2ccccc2CCO)c1. The molecule has 0 unspecified atom stereocenters. The van der Waals surface area contributed by atoms with E-state index in [1.165, 1.54) is 0 Å². The zero-order valence-electron chi connectivity index (χ0n) is 11.4. The quantitative estimate of drug-likeness (QED) is 0.577. The van der Waals surface area contributed by atoms with Crippen LogP contribution in [-0.4, -0.2) is 17.5 Å². The number of nitrogen functional groups attached to an aromatic ring is 1. The van der Waals surface area contributed by atoms with Crippen LogP contribution in [0.25, 0.3) is 0 Å². The molecule has 0 saturated carbocycles. The van der Waals surface area contributed by atoms with Crippen LogP contribution >= 0.6 is 0 Å². The van der Waals surface area contributed by atoms with Crippen molar-refractivity contribution < 1.29 is 9.84 Å². The first-order valence-electron chi connectivity index (χ1n) is 6.43. The molecule has 0 saturated heterocycles. The fourth-order valence-electron chi connectivity index (χ4n) is 1.99. The molecule has 2 rings (SSSR count). The molecule has 4 nitrogen and oxygen atoms in total. The molecule has 0 amide bonds. The van der Waals surface area contributed by atoms with Gasteiger partial charge in [-0.1, -0.05) is 24.3 Å². The van der Waals surface area contributed by atoms with Crippen LogP contribution < -0.4 is 10.5 Å². The third-order valence-electron chi connectivity index (χ3n) is 3.00. The van der Waals surface area contributed by atoms with E-state index < -0.39 is 0 Å². The van der Waals surface area contributed by atoms with Crippen LogP contribution in [0, 0.1) is 12.3 Å². The molecule has 0 heterocycles. The number of ether oxygens (including phenoxy) is 1. The summed E-state index contributed by atoms with van der Waals surface area (Å²) in [6, 6.07) is 13.1. The van der Waals surface area contributed by atoms with Crippen molar-refractivity contribution >= 4 is 5.84 Å². The molecule has 4 N–H and O–H groups in total. The number of para-hydroxylation sites is 1. The number of hydrogen-bond acceptors (Lipinski definition) is 3. The fraction of sp³-hybridized carbons (Fsp3) is 0.188. The minimum absolute atomic E-state index is 0.0281. The second kappa shape index (κ2) is 6.21. The standard InChI is InChI=1S/C16H18N2O2/c1-11-6-7-13(16(17)18)15(10-11)20-14-5-3-2-4-12(14)8-9-19/h2-7,10,19H,8-9H2,1H3,(H3,17,18). The third-order valence-corrected chi connectivity index (χ3v) is 3.00. The van der Waals surface area contributed by atoms with Gasteiger partial charge in [0.15, 0.2) is 0 Å². The van der Waals surface area contributed by atoms with Crippen LogP contribution in [-0.2, 0) is 6.42 Å². The average Bonchev–Trinajstić information content (AvgIpc) is 2.41. The zero-order valence-corrected chi connectivity index (χ0v) is 11.4. The minimum atomic E-state index is -0.0281. The maximum Gasteiger partial charge on any atom is 0.138 e. The maximum atomic E-state index is 9.09. The normalized spacial score (nSPS) is 10.3. The van der Waals surface area contributed by atoms with Gasteiger partial charge in [-0.05, 0) is 42.7 Å². The van der Waals surface area contributed by atoms with Crippen molar-refractivity contribution in [2.75, 3.05) is 6.61 Å². The van der Waals surface area contributed by atoms with Crippen molar-refractivity contribution in [3.05, 3.63) is 59.2 Å². The summed E-state index contributed by atoms with van der Waals surface area (Å²) in [7, 11) is 0. The van der Waals surface area contributed by atoms with Crippen LogP contribution in [0.1, 0.15) is 16.7 Å². The smallest absolute Gasteiger partial charge is 0.138 e. The number of benzene rings is 2. The van der Waals surface area contributed by atoms with Gasteiger partial charge in [0.1, 0.15) is 17.3 Å². The van der Waals surface area contributed by atoms with E-state index in [4.69, 9.17) is 21.0 Å². The molecule has 0 spiro atoms. The van der Waals surface area contributed by atoms with Crippen LogP contribution in [0.4, 0.5) is 0 Å². The summed E-state index contributed by atoms with van der Waals surface area (Å²) in [4.78, 5) is 0. The van der Waals surface area contributed by atoms with Gasteiger partial charge < -0.3 is 15.6 Å². The molecule has 104 valence electrons. The summed E-state index contributed by atoms with van der Waals surface area (Å²) >= 11 is 0. The Morgan fingerprint density at radius 3 is 2.65 bits per heavy atom. The summed E-state index contributed by atoms with van der Waals surface area (Å²) in [5.74, 6) is 1.21. The predicted octanol–water partition coefficient (Wildman–Crippen LogP) is 2.61. The second-order valence-electron chi connectivity index (χ2n) is 4.60. The largest absolute Gasteiger partial charge is 0.456 e. The van der Waals surface area contributed by atoms with E-state index in [1.54, 1.807) is 6.07 Å². The highest BCUT2D eigenvalue weighted by Gasteiger charge is 2.10. The van der Waals surface area contributed by atoms with E-state index in [2.05, 4.69) is 0 Å². The molecule has 2 aromatic carbocycles. The number of hydrogen-bond donors (Lipinski definition) is 3. The Morgan fingerprint density at radius 1 is 1.20 bits per heavy atom. The molecular weight excluding hydrogens is 252 g/mol. The van der Waals surface area contributed by atoms with Gasteiger partial charge in [-0.2, -0.15) is 0 Å². The summed E-state index contributed by atoms with van der Waals surface area (Å²) in [5.41, 5.74) is 8.10. The van der Waals surface area contributed by atoms with Gasteiger partial charge in [0.05, 0.1) is 5.56 Å². The van der Waals surface area contributed by atoms with Crippen LogP contribution in [0.5, 0.6) is 11.5 Å². The van der Waals surface area contributed by atoms with Crippen molar-refractivity contribution in [2.24, 2.45) is 5.73 Å². The van der Waals surface area contributed by atoms with Crippen LogP contribution in [0.3, 0.4) is 0 Å². The van der Waals surface area contributed by atoms with Crippen molar-refractivity contribution in [2.45, 2.75) is 13.3 Å². The lowest BCUT2D eigenvalue weighted by molar-refractivity contribution is 0.298. The van der Waals surface area contributed by atoms with Gasteiger partial charge in [-0.25, -0.2) is 0 Å². The molecular formula is C16H18N2O2. The van der Waals surface area contributed by atoms with E-state index in [9.17, 15) is 0 Å². The molecule has 20 heavy (non-hydrogen) atoms. The monoisotopic (exact) mass is 270 g/mol. The number of nitrogens with two attached hydrogens (primary N) is 1. The molecule has 0 aliphatic heterocycles. The second-order valence-corrected chi connectivity index (χ2v) is 4.60. The van der Waals surface area contributed by atoms with Gasteiger partial charge in [-0.15, -0.1) is 0 Å². The first kappa shape index (κ1) is 14.1. The third kappa shape index (κ3) is 3.16. The Bertz CT molecular complexity index is 624. The Balaban J connectivity index is 2.39. The number of rotatable bonds is 5. The Morgan fingerprint density at radius 2 is 1.95 bits per heavy atom. The van der Waals surface area contributed by atoms with Crippen molar-refractivity contribution in [3.63, 3.8) is 0 Å². The lowest BCUT2D eigenvalue weighted by Gasteiger charge is -2.14. The Kier molecular flexibility index (Phi) is 4.38. The predicted molar refractivity (Wildman–Crippen MR) is 79.5 cm³/mol. The molecule has 0 bridgehead atoms. The van der Waals surface area contributed by atoms with Crippen molar-refractivity contribution in [1.29, 1.82) is 5.41 Å². The zero-order chi connectivity index (χ0) is 14.5. The number of aliphatic hydroxyl groups is 1. The number of aryl methyl sites for hydroxylation is 1. The lowest BCUT2D eigenvalue weighted by Crippen LogP contribution is -2.12. The van der Waals surface area contributed by atoms with Gasteiger partial charge >= 0.3 is 0 Å². The highest BCUT2D eigenvalue weighted by molar-refractivity contribution is 5.97. The number of aliphatic hydroxyl groups excluding tert-OH is 1. The number of amidine groups is 1. The highest BCUT2D eigenvalue weighted by atomic mass is 16.5. The molecule has 0 atom stereocenters. The first-order chi connectivity index (χ1) is 9.61. The summed E-state index contributed by atoms with van der Waals surface area (Å²) < 4.78 is 5.90. The van der Waals surface area contributed by atoms with E-state index in [1.807, 2.05) is 43.3 Å². The lowest BCUT2D eigenvalue weighted by atomic mass is 10.1. The highest BCUT2D eigenvalue weighted by Crippen LogP contribution is 2.29. The van der Waals surface area contributed by atoms with Gasteiger partial charge in [0.25, 0.3) is 0 Å². The molecule has 0 aliphatic rings. The van der Waals surface area contributed by atoms with Crippen molar-refractivity contribution in [1.82, 2.24) is 0 Å². The van der Waals surface area contributed by atoms with E-state index in [-0.39, 0.29) is 12.4 Å². The molecule has 2 aromatic rings. The van der Waals surface area contributed by atoms with E-state index >= 15 is 0 Å². The Hall–Kier alpha value is -2.33. The van der Waals surface area contributed by atoms with Gasteiger partial charge in [0.2, 0.25) is 0 Å². The molecule has 0 aliphatic carbocycles. The molecule has 4 heteroatoms. The Labute approximate surface area is 118 Å². The molecule has 0 aromatic heterocycles. The van der Waals surface area contributed by atoms with Crippen LogP contribution in [0.15, 0.2) is 42.5 Å². The van der Waals surface area contributed by atoms with E-state index in [0.29, 0.717) is 23.5 Å². The van der Waals surface area contributed by atoms with Gasteiger partial charge in [0, 0.05) is 6.61 Å². The van der Waals surface area contributed by atoms with Crippen molar-refractivity contribution in [3.8, 4) is 11.5 Å². The minimum Gasteiger partial charge on any atom is -0.456 e. The topological polar surface area (TPSA) is 79.3 Å². The maximum absolute atomic E-state index is 9.09. The summed E-state index contributed by atoms with van der Waals surface area (Å²) in [6.45, 7) is 2.02. The van der Waals surface area contributed by atoms with E-state index in [0.717, 1.165) is 11.1 Å². The first-order valence-corrected chi connectivity index (χ1v) is 6.43. The molecule has 0 radical (unpaired) electrons. The summed E-state index contributed by atoms with van der Waals surface area (Å²) in [6.07, 6.45) is 0.525. The van der Waals surface area contributed by atoms with Crippen LogP contribution in [0.2, 0.25) is 0 Å². The number of nitrogens with one attached hydrogen (secondary N) is 1.